The predicted molar refractivity (Wildman–Crippen MR) is 63.6 cm³/mol. The lowest BCUT2D eigenvalue weighted by molar-refractivity contribution is 0.561. The third-order valence-electron chi connectivity index (χ3n) is 2.91. The predicted octanol–water partition coefficient (Wildman–Crippen LogP) is 4.79. The molecule has 0 aromatic heterocycles. The van der Waals surface area contributed by atoms with Crippen molar-refractivity contribution in [2.24, 2.45) is 0 Å². The normalized spacial score (nSPS) is 10.8. The van der Waals surface area contributed by atoms with E-state index in [-0.39, 0.29) is 5.56 Å². The molecule has 0 aliphatic heterocycles. The van der Waals surface area contributed by atoms with Crippen LogP contribution in [-0.4, -0.2) is 0 Å². The van der Waals surface area contributed by atoms with Gasteiger partial charge in [0.15, 0.2) is 0 Å². The van der Waals surface area contributed by atoms with Crippen molar-refractivity contribution in [1.29, 1.82) is 0 Å². The molecule has 16 heavy (non-hydrogen) atoms. The lowest BCUT2D eigenvalue weighted by atomic mass is 10.0. The first-order valence-electron chi connectivity index (χ1n) is 6.09. The molecule has 0 saturated carbocycles. The van der Waals surface area contributed by atoms with Gasteiger partial charge in [0.2, 0.25) is 0 Å². The van der Waals surface area contributed by atoms with E-state index in [4.69, 9.17) is 0 Å². The third-order valence-corrected chi connectivity index (χ3v) is 2.91. The Hall–Kier alpha value is -0.920. The average Bonchev–Trinajstić information content (AvgIpc) is 2.25. The zero-order valence-corrected chi connectivity index (χ0v) is 10.2. The lowest BCUT2D eigenvalue weighted by Crippen LogP contribution is -1.94. The number of halogens is 2. The molecule has 0 heterocycles. The highest BCUT2D eigenvalue weighted by Gasteiger charge is 2.06. The Morgan fingerprint density at radius 3 is 2.06 bits per heavy atom. The van der Waals surface area contributed by atoms with E-state index in [9.17, 15) is 8.78 Å². The maximum Gasteiger partial charge on any atom is 0.129 e. The summed E-state index contributed by atoms with van der Waals surface area (Å²) in [4.78, 5) is 0. The minimum Gasteiger partial charge on any atom is -0.207 e. The van der Waals surface area contributed by atoms with Crippen molar-refractivity contribution in [3.63, 3.8) is 0 Å². The van der Waals surface area contributed by atoms with Crippen LogP contribution in [0.3, 0.4) is 0 Å². The highest BCUT2D eigenvalue weighted by Crippen LogP contribution is 2.16. The van der Waals surface area contributed by atoms with E-state index in [1.54, 1.807) is 0 Å². The number of hydrogen-bond acceptors (Lipinski definition) is 0. The summed E-state index contributed by atoms with van der Waals surface area (Å²) in [5.74, 6) is -0.855. The van der Waals surface area contributed by atoms with Gasteiger partial charge in [0.1, 0.15) is 11.6 Å². The van der Waals surface area contributed by atoms with Gasteiger partial charge in [0, 0.05) is 5.56 Å². The van der Waals surface area contributed by atoms with Crippen LogP contribution in [0.4, 0.5) is 8.78 Å². The zero-order valence-electron chi connectivity index (χ0n) is 10.2. The molecule has 0 spiro atoms. The summed E-state index contributed by atoms with van der Waals surface area (Å²) in [5, 5.41) is 0. The molecule has 0 bridgehead atoms. The molecule has 0 unspecified atom stereocenters. The van der Waals surface area contributed by atoms with E-state index in [0.717, 1.165) is 24.8 Å². The second kappa shape index (κ2) is 6.62. The van der Waals surface area contributed by atoms with Gasteiger partial charge in [-0.1, -0.05) is 32.6 Å². The van der Waals surface area contributed by atoms with Crippen molar-refractivity contribution in [2.45, 2.75) is 52.4 Å². The molecule has 0 fully saturated rings. The van der Waals surface area contributed by atoms with Gasteiger partial charge in [0.25, 0.3) is 0 Å². The Bertz CT molecular complexity index is 309. The highest BCUT2D eigenvalue weighted by molar-refractivity contribution is 5.25. The number of rotatable bonds is 6. The van der Waals surface area contributed by atoms with Crippen molar-refractivity contribution in [3.8, 4) is 0 Å². The van der Waals surface area contributed by atoms with Gasteiger partial charge >= 0.3 is 0 Å². The summed E-state index contributed by atoms with van der Waals surface area (Å²) in [6.07, 6.45) is 6.61. The van der Waals surface area contributed by atoms with Gasteiger partial charge in [-0.15, -0.1) is 0 Å². The summed E-state index contributed by atoms with van der Waals surface area (Å²) in [5.41, 5.74) is 0.895. The molecule has 0 nitrogen and oxygen atoms in total. The molecule has 1 rings (SSSR count). The number of benzene rings is 1. The zero-order chi connectivity index (χ0) is 12.0. The Morgan fingerprint density at radius 1 is 0.938 bits per heavy atom. The second-order valence-corrected chi connectivity index (χ2v) is 4.35. The Balaban J connectivity index is 2.43. The van der Waals surface area contributed by atoms with Crippen LogP contribution in [-0.2, 0) is 6.42 Å². The molecule has 0 atom stereocenters. The number of hydrogen-bond donors (Lipinski definition) is 0. The molecule has 0 N–H and O–H groups in total. The largest absolute Gasteiger partial charge is 0.207 e. The first-order valence-corrected chi connectivity index (χ1v) is 6.09. The van der Waals surface area contributed by atoms with Gasteiger partial charge in [-0.25, -0.2) is 8.78 Å². The first-order chi connectivity index (χ1) is 7.65. The van der Waals surface area contributed by atoms with Gasteiger partial charge in [-0.2, -0.15) is 0 Å². The number of aryl methyl sites for hydroxylation is 1. The van der Waals surface area contributed by atoms with Gasteiger partial charge in [-0.3, -0.25) is 0 Å². The highest BCUT2D eigenvalue weighted by atomic mass is 19.1. The average molecular weight is 226 g/mol. The molecule has 2 heteroatoms. The first kappa shape index (κ1) is 13.1. The summed E-state index contributed by atoms with van der Waals surface area (Å²) in [7, 11) is 0. The molecular formula is C14H20F2. The van der Waals surface area contributed by atoms with Gasteiger partial charge in [0.05, 0.1) is 0 Å². The molecule has 0 radical (unpaired) electrons. The minimum atomic E-state index is -0.427. The van der Waals surface area contributed by atoms with E-state index in [0.29, 0.717) is 0 Å². The monoisotopic (exact) mass is 226 g/mol. The van der Waals surface area contributed by atoms with Crippen LogP contribution in [0, 0.1) is 18.6 Å². The minimum absolute atomic E-state index is 0.120. The second-order valence-electron chi connectivity index (χ2n) is 4.35. The molecule has 0 aliphatic carbocycles. The molecule has 1 aromatic rings. The van der Waals surface area contributed by atoms with E-state index in [1.165, 1.54) is 38.3 Å². The number of unbranched alkanes of at least 4 members (excludes halogenated alkanes) is 4. The van der Waals surface area contributed by atoms with Crippen molar-refractivity contribution in [2.75, 3.05) is 0 Å². The fraction of sp³-hybridized carbons (Fsp3) is 0.571. The van der Waals surface area contributed by atoms with Crippen LogP contribution in [0.2, 0.25) is 0 Å². The SMILES string of the molecule is CCCCCCCc1cc(F)c(C)c(F)c1. The van der Waals surface area contributed by atoms with E-state index >= 15 is 0 Å². The quantitative estimate of drug-likeness (QED) is 0.612. The summed E-state index contributed by atoms with van der Waals surface area (Å²) < 4.78 is 26.5. The molecular weight excluding hydrogens is 206 g/mol. The fourth-order valence-electron chi connectivity index (χ4n) is 1.77. The summed E-state index contributed by atoms with van der Waals surface area (Å²) >= 11 is 0. The molecule has 0 aliphatic rings. The third kappa shape index (κ3) is 3.92. The van der Waals surface area contributed by atoms with Crippen molar-refractivity contribution < 1.29 is 8.78 Å². The van der Waals surface area contributed by atoms with Crippen molar-refractivity contribution in [3.05, 3.63) is 34.9 Å². The topological polar surface area (TPSA) is 0 Å². The van der Waals surface area contributed by atoms with Crippen LogP contribution >= 0.6 is 0 Å². The summed E-state index contributed by atoms with van der Waals surface area (Å²) in [6.45, 7) is 3.64. The maximum absolute atomic E-state index is 13.2. The van der Waals surface area contributed by atoms with E-state index in [2.05, 4.69) is 6.92 Å². The van der Waals surface area contributed by atoms with E-state index < -0.39 is 11.6 Å². The molecule has 1 aromatic carbocycles. The van der Waals surface area contributed by atoms with Crippen molar-refractivity contribution >= 4 is 0 Å². The standard InChI is InChI=1S/C14H20F2/c1-3-4-5-6-7-8-12-9-13(15)11(2)14(16)10-12/h9-10H,3-8H2,1-2H3. The summed E-state index contributed by atoms with van der Waals surface area (Å²) in [6, 6.07) is 2.91. The van der Waals surface area contributed by atoms with Crippen LogP contribution in [0.1, 0.15) is 50.2 Å². The molecule has 90 valence electrons. The fourth-order valence-corrected chi connectivity index (χ4v) is 1.77. The Kier molecular flexibility index (Phi) is 5.44. The van der Waals surface area contributed by atoms with Crippen LogP contribution in [0.5, 0.6) is 0 Å². The molecule has 0 saturated heterocycles. The van der Waals surface area contributed by atoms with Crippen LogP contribution < -0.4 is 0 Å². The smallest absolute Gasteiger partial charge is 0.129 e. The Morgan fingerprint density at radius 2 is 1.50 bits per heavy atom. The van der Waals surface area contributed by atoms with Gasteiger partial charge < -0.3 is 0 Å². The van der Waals surface area contributed by atoms with Crippen LogP contribution in [0.25, 0.3) is 0 Å². The molecule has 0 amide bonds. The van der Waals surface area contributed by atoms with Crippen LogP contribution in [0.15, 0.2) is 12.1 Å². The Labute approximate surface area is 96.7 Å². The van der Waals surface area contributed by atoms with E-state index in [1.807, 2.05) is 0 Å². The van der Waals surface area contributed by atoms with Gasteiger partial charge in [-0.05, 0) is 37.5 Å². The maximum atomic E-state index is 13.2. The lowest BCUT2D eigenvalue weighted by Gasteiger charge is -2.05. The van der Waals surface area contributed by atoms with Crippen molar-refractivity contribution in [1.82, 2.24) is 0 Å².